The van der Waals surface area contributed by atoms with E-state index in [1.54, 1.807) is 6.29 Å². The lowest BCUT2D eigenvalue weighted by molar-refractivity contribution is 0.524. The zero-order valence-corrected chi connectivity index (χ0v) is 6.25. The van der Waals surface area contributed by atoms with Crippen molar-refractivity contribution >= 4 is 12.4 Å². The molecule has 0 aromatic carbocycles. The largest absolute Gasteiger partial charge is 0.330 e. The molecule has 4 nitrogen and oxygen atoms in total. The number of nitrogens with two attached hydrogens (primary N) is 1. The summed E-state index contributed by atoms with van der Waals surface area (Å²) >= 11 is 0. The molecule has 0 spiro atoms. The van der Waals surface area contributed by atoms with Gasteiger partial charge < -0.3 is 5.73 Å². The number of carbonyl (C=O) groups excluding carboxylic acids is 2. The predicted molar refractivity (Wildman–Crippen MR) is 40.5 cm³/mol. The van der Waals surface area contributed by atoms with E-state index in [9.17, 15) is 9.59 Å². The van der Waals surface area contributed by atoms with Crippen LogP contribution in [0, 0.1) is 0 Å². The maximum Gasteiger partial charge on any atom is 0.235 e. The van der Waals surface area contributed by atoms with Gasteiger partial charge in [0.15, 0.2) is 0 Å². The summed E-state index contributed by atoms with van der Waals surface area (Å²) in [6.07, 6.45) is 5.14. The molecule has 4 heteroatoms. The van der Waals surface area contributed by atoms with Gasteiger partial charge in [0, 0.05) is 0 Å². The maximum absolute atomic E-state index is 10.1. The fourth-order valence-corrected chi connectivity index (χ4v) is 0.695. The van der Waals surface area contributed by atoms with Crippen molar-refractivity contribution in [3.63, 3.8) is 0 Å². The fraction of sp³-hybridized carbons (Fsp3) is 0.714. The molecule has 0 aliphatic heterocycles. The summed E-state index contributed by atoms with van der Waals surface area (Å²) in [5, 5.41) is 0. The summed E-state index contributed by atoms with van der Waals surface area (Å²) in [5.74, 6) is 0. The molecule has 0 amide bonds. The Kier molecular flexibility index (Phi) is 6.48. The van der Waals surface area contributed by atoms with Gasteiger partial charge in [0.05, 0.1) is 0 Å². The summed E-state index contributed by atoms with van der Waals surface area (Å²) in [4.78, 5) is 23.0. The van der Waals surface area contributed by atoms with Crippen LogP contribution in [0.25, 0.3) is 0 Å². The molecule has 0 aliphatic carbocycles. The molecule has 0 aliphatic rings. The Morgan fingerprint density at radius 3 is 2.55 bits per heavy atom. The van der Waals surface area contributed by atoms with Crippen molar-refractivity contribution < 1.29 is 9.59 Å². The van der Waals surface area contributed by atoms with E-state index in [0.29, 0.717) is 13.0 Å². The molecule has 11 heavy (non-hydrogen) atoms. The smallest absolute Gasteiger partial charge is 0.235 e. The Morgan fingerprint density at radius 2 is 2.09 bits per heavy atom. The van der Waals surface area contributed by atoms with Gasteiger partial charge >= 0.3 is 0 Å². The van der Waals surface area contributed by atoms with Crippen LogP contribution in [0.1, 0.15) is 19.3 Å². The van der Waals surface area contributed by atoms with Gasteiger partial charge in [-0.15, -0.1) is 0 Å². The second-order valence-electron chi connectivity index (χ2n) is 2.14. The number of unbranched alkanes of at least 4 members (excludes halogenated alkanes) is 1. The van der Waals surface area contributed by atoms with Crippen LogP contribution in [0.4, 0.5) is 0 Å². The fourth-order valence-electron chi connectivity index (χ4n) is 0.695. The Hall–Kier alpha value is -0.990. The lowest BCUT2D eigenvalue weighted by Crippen LogP contribution is -2.07. The highest BCUT2D eigenvalue weighted by molar-refractivity contribution is 5.60. The molecule has 0 rings (SSSR count). The van der Waals surface area contributed by atoms with Gasteiger partial charge in [-0.2, -0.15) is 4.99 Å². The van der Waals surface area contributed by atoms with Crippen molar-refractivity contribution in [2.45, 2.75) is 25.3 Å². The van der Waals surface area contributed by atoms with E-state index in [2.05, 4.69) is 4.99 Å². The quantitative estimate of drug-likeness (QED) is 0.331. The van der Waals surface area contributed by atoms with Crippen molar-refractivity contribution in [2.24, 2.45) is 10.7 Å². The van der Waals surface area contributed by atoms with E-state index in [-0.39, 0.29) is 0 Å². The molecule has 0 aromatic heterocycles. The molecule has 0 bridgehead atoms. The van der Waals surface area contributed by atoms with E-state index in [4.69, 9.17) is 5.73 Å². The number of rotatable bonds is 6. The van der Waals surface area contributed by atoms with Gasteiger partial charge in [0.1, 0.15) is 6.04 Å². The third-order valence-electron chi connectivity index (χ3n) is 1.28. The van der Waals surface area contributed by atoms with Crippen LogP contribution < -0.4 is 5.73 Å². The van der Waals surface area contributed by atoms with E-state index in [0.717, 1.165) is 12.8 Å². The topological polar surface area (TPSA) is 72.5 Å². The van der Waals surface area contributed by atoms with Gasteiger partial charge in [0.2, 0.25) is 12.4 Å². The summed E-state index contributed by atoms with van der Waals surface area (Å²) in [6, 6.07) is -0.640. The number of hydrogen-bond donors (Lipinski definition) is 1. The average Bonchev–Trinajstić information content (AvgIpc) is 2.03. The van der Waals surface area contributed by atoms with Crippen LogP contribution in [0.3, 0.4) is 0 Å². The summed E-state index contributed by atoms with van der Waals surface area (Å²) < 4.78 is 0. The SMILES string of the molecule is NCCCC[C@@H]([C]=O)N=C=O. The summed E-state index contributed by atoms with van der Waals surface area (Å²) in [7, 11) is 0. The minimum absolute atomic E-state index is 0.538. The zero-order valence-electron chi connectivity index (χ0n) is 6.25. The van der Waals surface area contributed by atoms with E-state index < -0.39 is 6.04 Å². The van der Waals surface area contributed by atoms with E-state index >= 15 is 0 Å². The van der Waals surface area contributed by atoms with Crippen LogP contribution in [-0.4, -0.2) is 25.0 Å². The highest BCUT2D eigenvalue weighted by Gasteiger charge is 2.04. The maximum atomic E-state index is 10.1. The molecule has 61 valence electrons. The van der Waals surface area contributed by atoms with Crippen LogP contribution >= 0.6 is 0 Å². The van der Waals surface area contributed by atoms with E-state index in [1.165, 1.54) is 6.08 Å². The first-order chi connectivity index (χ1) is 5.35. The predicted octanol–water partition coefficient (Wildman–Crippen LogP) is -0.0705. The normalized spacial score (nSPS) is 11.7. The first kappa shape index (κ1) is 10.0. The lowest BCUT2D eigenvalue weighted by Gasteiger charge is -1.98. The zero-order chi connectivity index (χ0) is 8.53. The van der Waals surface area contributed by atoms with Crippen LogP contribution in [0.5, 0.6) is 0 Å². The molecule has 1 radical (unpaired) electrons. The molecular weight excluding hydrogens is 144 g/mol. The lowest BCUT2D eigenvalue weighted by atomic mass is 10.1. The highest BCUT2D eigenvalue weighted by atomic mass is 16.1. The molecular formula is C7H11N2O2. The molecule has 0 heterocycles. The van der Waals surface area contributed by atoms with Crippen molar-refractivity contribution in [2.75, 3.05) is 6.54 Å². The Balaban J connectivity index is 3.52. The van der Waals surface area contributed by atoms with Gasteiger partial charge in [-0.25, -0.2) is 4.79 Å². The van der Waals surface area contributed by atoms with Crippen LogP contribution in [-0.2, 0) is 9.59 Å². The molecule has 0 fully saturated rings. The highest BCUT2D eigenvalue weighted by Crippen LogP contribution is 2.00. The number of hydrogen-bond acceptors (Lipinski definition) is 4. The third kappa shape index (κ3) is 5.45. The standard InChI is InChI=1S/C7H11N2O2/c8-4-2-1-3-7(5-10)9-6-11/h7H,1-4,8H2/t7-/m0/s1. The third-order valence-corrected chi connectivity index (χ3v) is 1.28. The molecule has 0 saturated heterocycles. The average molecular weight is 155 g/mol. The molecule has 0 aromatic rings. The minimum Gasteiger partial charge on any atom is -0.330 e. The first-order valence-electron chi connectivity index (χ1n) is 3.50. The minimum atomic E-state index is -0.640. The monoisotopic (exact) mass is 155 g/mol. The molecule has 0 saturated carbocycles. The Labute approximate surface area is 65.5 Å². The Morgan fingerprint density at radius 1 is 1.36 bits per heavy atom. The van der Waals surface area contributed by atoms with Crippen molar-refractivity contribution in [3.8, 4) is 0 Å². The molecule has 2 N–H and O–H groups in total. The van der Waals surface area contributed by atoms with Crippen molar-refractivity contribution in [3.05, 3.63) is 0 Å². The number of isocyanates is 1. The van der Waals surface area contributed by atoms with E-state index in [1.807, 2.05) is 0 Å². The Bertz CT molecular complexity index is 153. The van der Waals surface area contributed by atoms with Gasteiger partial charge in [-0.1, -0.05) is 0 Å². The molecule has 1 atom stereocenters. The summed E-state index contributed by atoms with van der Waals surface area (Å²) in [5.41, 5.74) is 5.22. The van der Waals surface area contributed by atoms with Gasteiger partial charge in [-0.05, 0) is 25.8 Å². The number of nitrogens with zero attached hydrogens (tertiary/aromatic N) is 1. The summed E-state index contributed by atoms with van der Waals surface area (Å²) in [6.45, 7) is 0.594. The van der Waals surface area contributed by atoms with Crippen molar-refractivity contribution in [1.82, 2.24) is 0 Å². The van der Waals surface area contributed by atoms with Gasteiger partial charge in [0.25, 0.3) is 0 Å². The van der Waals surface area contributed by atoms with Crippen LogP contribution in [0.15, 0.2) is 4.99 Å². The molecule has 0 unspecified atom stereocenters. The second kappa shape index (κ2) is 7.12. The van der Waals surface area contributed by atoms with Gasteiger partial charge in [-0.3, -0.25) is 4.79 Å². The van der Waals surface area contributed by atoms with Crippen molar-refractivity contribution in [1.29, 1.82) is 0 Å². The second-order valence-corrected chi connectivity index (χ2v) is 2.14. The first-order valence-corrected chi connectivity index (χ1v) is 3.50. The number of aliphatic imine (C=N–C) groups is 1. The van der Waals surface area contributed by atoms with Crippen LogP contribution in [0.2, 0.25) is 0 Å².